The number of ether oxygens (including phenoxy) is 1. The molecule has 0 saturated heterocycles. The zero-order valence-electron chi connectivity index (χ0n) is 15.7. The number of imidazole rings is 1. The van der Waals surface area contributed by atoms with Gasteiger partial charge in [-0.05, 0) is 48.5 Å². The Kier molecular flexibility index (Phi) is 5.31. The Labute approximate surface area is 173 Å². The summed E-state index contributed by atoms with van der Waals surface area (Å²) in [6.07, 6.45) is 1.71. The fourth-order valence-corrected chi connectivity index (χ4v) is 3.15. The summed E-state index contributed by atoms with van der Waals surface area (Å²) in [6.45, 7) is 0. The van der Waals surface area contributed by atoms with E-state index in [1.54, 1.807) is 25.4 Å². The van der Waals surface area contributed by atoms with Crippen LogP contribution in [0.5, 0.6) is 5.75 Å². The van der Waals surface area contributed by atoms with Gasteiger partial charge in [-0.3, -0.25) is 9.36 Å². The van der Waals surface area contributed by atoms with Gasteiger partial charge in [0.05, 0.1) is 12.7 Å². The van der Waals surface area contributed by atoms with Gasteiger partial charge in [-0.2, -0.15) is 0 Å². The average Bonchev–Trinajstić information content (AvgIpc) is 3.20. The van der Waals surface area contributed by atoms with Crippen LogP contribution in [0.25, 0.3) is 17.1 Å². The third-order valence-electron chi connectivity index (χ3n) is 4.42. The molecule has 1 N–H and O–H groups in total. The highest BCUT2D eigenvalue weighted by molar-refractivity contribution is 6.30. The molecule has 1 amide bonds. The van der Waals surface area contributed by atoms with Crippen molar-refractivity contribution < 1.29 is 9.53 Å². The van der Waals surface area contributed by atoms with Gasteiger partial charge in [-0.1, -0.05) is 41.9 Å². The summed E-state index contributed by atoms with van der Waals surface area (Å²) >= 11 is 6.04. The van der Waals surface area contributed by atoms with Gasteiger partial charge in [-0.25, -0.2) is 4.98 Å². The molecule has 0 saturated carbocycles. The summed E-state index contributed by atoms with van der Waals surface area (Å²) < 4.78 is 7.36. The maximum absolute atomic E-state index is 12.8. The fraction of sp³-hybridized carbons (Fsp3) is 0.0435. The van der Waals surface area contributed by atoms with E-state index in [9.17, 15) is 4.79 Å². The van der Waals surface area contributed by atoms with Crippen molar-refractivity contribution in [3.8, 4) is 22.8 Å². The van der Waals surface area contributed by atoms with E-state index >= 15 is 0 Å². The molecule has 4 rings (SSSR count). The van der Waals surface area contributed by atoms with E-state index in [1.807, 2.05) is 71.3 Å². The topological polar surface area (TPSA) is 56.1 Å². The Morgan fingerprint density at radius 3 is 2.38 bits per heavy atom. The molecule has 0 fully saturated rings. The third kappa shape index (κ3) is 4.00. The summed E-state index contributed by atoms with van der Waals surface area (Å²) in [6, 6.07) is 24.2. The van der Waals surface area contributed by atoms with E-state index in [1.165, 1.54) is 0 Å². The van der Waals surface area contributed by atoms with Gasteiger partial charge in [-0.15, -0.1) is 0 Å². The van der Waals surface area contributed by atoms with Gasteiger partial charge in [0.15, 0.2) is 0 Å². The molecule has 0 atom stereocenters. The number of hydrogen-bond acceptors (Lipinski definition) is 3. The number of anilines is 1. The molecule has 144 valence electrons. The highest BCUT2D eigenvalue weighted by Crippen LogP contribution is 2.31. The van der Waals surface area contributed by atoms with Crippen molar-refractivity contribution in [3.05, 3.63) is 95.8 Å². The number of carbonyl (C=O) groups excluding carboxylic acids is 1. The summed E-state index contributed by atoms with van der Waals surface area (Å²) in [4.78, 5) is 17.4. The zero-order chi connectivity index (χ0) is 20.2. The minimum atomic E-state index is -0.292. The first-order valence-corrected chi connectivity index (χ1v) is 9.38. The third-order valence-corrected chi connectivity index (χ3v) is 4.67. The van der Waals surface area contributed by atoms with Crippen molar-refractivity contribution in [2.75, 3.05) is 12.4 Å². The monoisotopic (exact) mass is 403 g/mol. The average molecular weight is 404 g/mol. The summed E-state index contributed by atoms with van der Waals surface area (Å²) in [5.41, 5.74) is 2.62. The predicted octanol–water partition coefficient (Wildman–Crippen LogP) is 5.45. The fourth-order valence-electron chi connectivity index (χ4n) is 3.02. The predicted molar refractivity (Wildman–Crippen MR) is 115 cm³/mol. The Balaban J connectivity index is 1.80. The lowest BCUT2D eigenvalue weighted by Gasteiger charge is -2.11. The van der Waals surface area contributed by atoms with Crippen molar-refractivity contribution in [2.24, 2.45) is 0 Å². The minimum absolute atomic E-state index is 0.292. The van der Waals surface area contributed by atoms with Crippen molar-refractivity contribution in [3.63, 3.8) is 0 Å². The zero-order valence-corrected chi connectivity index (χ0v) is 16.4. The molecule has 0 aliphatic heterocycles. The number of amides is 1. The van der Waals surface area contributed by atoms with Crippen LogP contribution in [0.3, 0.4) is 0 Å². The number of para-hydroxylation sites is 2. The van der Waals surface area contributed by atoms with E-state index in [0.717, 1.165) is 11.3 Å². The highest BCUT2D eigenvalue weighted by atomic mass is 35.5. The largest absolute Gasteiger partial charge is 0.496 e. The highest BCUT2D eigenvalue weighted by Gasteiger charge is 2.19. The Hall–Kier alpha value is -3.57. The number of nitrogens with one attached hydrogen (secondary N) is 1. The number of carbonyl (C=O) groups is 1. The molecule has 4 aromatic rings. The van der Waals surface area contributed by atoms with Crippen LogP contribution in [0.15, 0.2) is 85.1 Å². The van der Waals surface area contributed by atoms with Gasteiger partial charge in [0.2, 0.25) is 0 Å². The summed E-state index contributed by atoms with van der Waals surface area (Å²) in [5, 5.41) is 3.51. The van der Waals surface area contributed by atoms with Crippen molar-refractivity contribution in [1.29, 1.82) is 0 Å². The Morgan fingerprint density at radius 2 is 1.66 bits per heavy atom. The van der Waals surface area contributed by atoms with E-state index in [-0.39, 0.29) is 5.91 Å². The number of halogens is 1. The molecular weight excluding hydrogens is 386 g/mol. The van der Waals surface area contributed by atoms with Gasteiger partial charge < -0.3 is 10.1 Å². The molecule has 1 heterocycles. The number of nitrogens with zero attached hydrogens (tertiary/aromatic N) is 2. The van der Waals surface area contributed by atoms with Crippen LogP contribution in [0.4, 0.5) is 5.69 Å². The molecule has 0 aliphatic rings. The lowest BCUT2D eigenvalue weighted by Crippen LogP contribution is -2.12. The molecule has 0 spiro atoms. The molecule has 29 heavy (non-hydrogen) atoms. The van der Waals surface area contributed by atoms with E-state index in [4.69, 9.17) is 16.3 Å². The number of benzene rings is 3. The van der Waals surface area contributed by atoms with Crippen LogP contribution in [-0.2, 0) is 0 Å². The number of methoxy groups -OCH3 is 1. The SMILES string of the molecule is COc1ccccc1-c1nc(C(=O)Nc2ccccc2)cn1-c1ccc(Cl)cc1. The molecular formula is C23H18ClN3O2. The second kappa shape index (κ2) is 8.20. The van der Waals surface area contributed by atoms with Crippen LogP contribution in [-0.4, -0.2) is 22.6 Å². The number of rotatable bonds is 5. The molecule has 3 aromatic carbocycles. The summed E-state index contributed by atoms with van der Waals surface area (Å²) in [7, 11) is 1.61. The minimum Gasteiger partial charge on any atom is -0.496 e. The van der Waals surface area contributed by atoms with Crippen molar-refractivity contribution in [1.82, 2.24) is 9.55 Å². The standard InChI is InChI=1S/C23H18ClN3O2/c1-29-21-10-6-5-9-19(21)22-26-20(23(28)25-17-7-3-2-4-8-17)15-27(22)18-13-11-16(24)12-14-18/h2-15H,1H3,(H,25,28). The molecule has 5 nitrogen and oxygen atoms in total. The van der Waals surface area contributed by atoms with Gasteiger partial charge in [0, 0.05) is 22.6 Å². The van der Waals surface area contributed by atoms with E-state index in [0.29, 0.717) is 28.0 Å². The molecule has 1 aromatic heterocycles. The first-order valence-electron chi connectivity index (χ1n) is 9.01. The Bertz CT molecular complexity index is 1140. The van der Waals surface area contributed by atoms with E-state index in [2.05, 4.69) is 10.3 Å². The molecule has 6 heteroatoms. The van der Waals surface area contributed by atoms with Gasteiger partial charge in [0.1, 0.15) is 17.3 Å². The first kappa shape index (κ1) is 18.8. The molecule has 0 unspecified atom stereocenters. The maximum Gasteiger partial charge on any atom is 0.275 e. The van der Waals surface area contributed by atoms with Crippen LogP contribution >= 0.6 is 11.6 Å². The normalized spacial score (nSPS) is 10.6. The molecule has 0 aliphatic carbocycles. The second-order valence-electron chi connectivity index (χ2n) is 6.32. The molecule has 0 bridgehead atoms. The number of hydrogen-bond donors (Lipinski definition) is 1. The van der Waals surface area contributed by atoms with Crippen LogP contribution in [0, 0.1) is 0 Å². The quantitative estimate of drug-likeness (QED) is 0.481. The van der Waals surface area contributed by atoms with Crippen LogP contribution < -0.4 is 10.1 Å². The molecule has 0 radical (unpaired) electrons. The second-order valence-corrected chi connectivity index (χ2v) is 6.75. The number of aromatic nitrogens is 2. The van der Waals surface area contributed by atoms with Crippen LogP contribution in [0.1, 0.15) is 10.5 Å². The van der Waals surface area contributed by atoms with Crippen LogP contribution in [0.2, 0.25) is 5.02 Å². The lowest BCUT2D eigenvalue weighted by atomic mass is 10.2. The maximum atomic E-state index is 12.8. The van der Waals surface area contributed by atoms with Gasteiger partial charge >= 0.3 is 0 Å². The summed E-state index contributed by atoms with van der Waals surface area (Å²) in [5.74, 6) is 0.978. The van der Waals surface area contributed by atoms with E-state index < -0.39 is 0 Å². The first-order chi connectivity index (χ1) is 14.2. The van der Waals surface area contributed by atoms with Crippen molar-refractivity contribution >= 4 is 23.2 Å². The Morgan fingerprint density at radius 1 is 0.966 bits per heavy atom. The lowest BCUT2D eigenvalue weighted by molar-refractivity contribution is 0.102. The smallest absolute Gasteiger partial charge is 0.275 e. The van der Waals surface area contributed by atoms with Crippen molar-refractivity contribution in [2.45, 2.75) is 0 Å². The van der Waals surface area contributed by atoms with Gasteiger partial charge in [0.25, 0.3) is 5.91 Å².